The van der Waals surface area contributed by atoms with E-state index in [-0.39, 0.29) is 22.6 Å². The summed E-state index contributed by atoms with van der Waals surface area (Å²) in [6.45, 7) is 0. The Morgan fingerprint density at radius 2 is 1.73 bits per heavy atom. The molecule has 5 N–H and O–H groups in total. The molecule has 6 heteroatoms. The number of benzene rings is 1. The van der Waals surface area contributed by atoms with Crippen molar-refractivity contribution in [2.45, 2.75) is 0 Å². The van der Waals surface area contributed by atoms with Crippen LogP contribution in [0.4, 0.5) is 0 Å². The molecule has 0 aliphatic rings. The molecule has 0 aromatic heterocycles. The highest BCUT2D eigenvalue weighted by Crippen LogP contribution is 2.27. The van der Waals surface area contributed by atoms with Gasteiger partial charge in [-0.2, -0.15) is 0 Å². The molecule has 0 atom stereocenters. The number of methoxy groups -OCH3 is 1. The number of ether oxygens (including phenoxy) is 1. The second-order valence-corrected chi connectivity index (χ2v) is 2.80. The molecule has 0 saturated heterocycles. The van der Waals surface area contributed by atoms with E-state index in [9.17, 15) is 14.7 Å². The lowest BCUT2D eigenvalue weighted by Crippen LogP contribution is -2.16. The monoisotopic (exact) mass is 210 g/mol. The molecular weight excluding hydrogens is 200 g/mol. The third-order valence-electron chi connectivity index (χ3n) is 1.85. The smallest absolute Gasteiger partial charge is 0.252 e. The molecule has 0 fully saturated rings. The van der Waals surface area contributed by atoms with Gasteiger partial charge in [-0.25, -0.2) is 0 Å². The third-order valence-corrected chi connectivity index (χ3v) is 1.85. The Kier molecular flexibility index (Phi) is 2.80. The van der Waals surface area contributed by atoms with Gasteiger partial charge in [-0.15, -0.1) is 0 Å². The van der Waals surface area contributed by atoms with Crippen LogP contribution < -0.4 is 16.2 Å². The number of phenols is 1. The van der Waals surface area contributed by atoms with Crippen LogP contribution in [0.3, 0.4) is 0 Å². The first-order valence-corrected chi connectivity index (χ1v) is 3.98. The Labute approximate surface area is 85.4 Å². The Hall–Kier alpha value is -2.24. The maximum atomic E-state index is 11.0. The minimum Gasteiger partial charge on any atom is -0.507 e. The lowest BCUT2D eigenvalue weighted by molar-refractivity contribution is 0.0996. The van der Waals surface area contributed by atoms with Gasteiger partial charge >= 0.3 is 0 Å². The van der Waals surface area contributed by atoms with Crippen molar-refractivity contribution in [3.8, 4) is 11.5 Å². The van der Waals surface area contributed by atoms with Crippen LogP contribution in [-0.4, -0.2) is 24.0 Å². The second kappa shape index (κ2) is 3.87. The summed E-state index contributed by atoms with van der Waals surface area (Å²) in [5.41, 5.74) is 9.85. The van der Waals surface area contributed by atoms with Crippen LogP contribution in [0, 0.1) is 0 Å². The summed E-state index contributed by atoms with van der Waals surface area (Å²) in [7, 11) is 1.31. The fourth-order valence-corrected chi connectivity index (χ4v) is 1.13. The average molecular weight is 210 g/mol. The molecule has 1 aromatic carbocycles. The van der Waals surface area contributed by atoms with Crippen LogP contribution in [0.15, 0.2) is 12.1 Å². The summed E-state index contributed by atoms with van der Waals surface area (Å²) in [5, 5.41) is 9.37. The molecule has 1 rings (SSSR count). The number of hydrogen-bond acceptors (Lipinski definition) is 4. The van der Waals surface area contributed by atoms with E-state index in [2.05, 4.69) is 0 Å². The largest absolute Gasteiger partial charge is 0.507 e. The summed E-state index contributed by atoms with van der Waals surface area (Å²) in [4.78, 5) is 21.8. The van der Waals surface area contributed by atoms with Crippen molar-refractivity contribution in [3.63, 3.8) is 0 Å². The molecule has 15 heavy (non-hydrogen) atoms. The first-order valence-electron chi connectivity index (χ1n) is 3.98. The molecule has 0 aliphatic heterocycles. The SMILES string of the molecule is COc1cc(O)c(C(N)=O)cc1C(N)=O. The summed E-state index contributed by atoms with van der Waals surface area (Å²) >= 11 is 0. The Morgan fingerprint density at radius 1 is 1.20 bits per heavy atom. The van der Waals surface area contributed by atoms with Crippen molar-refractivity contribution >= 4 is 11.8 Å². The molecule has 6 nitrogen and oxygen atoms in total. The predicted molar refractivity (Wildman–Crippen MR) is 51.7 cm³/mol. The maximum Gasteiger partial charge on any atom is 0.252 e. The fraction of sp³-hybridized carbons (Fsp3) is 0.111. The average Bonchev–Trinajstić information content (AvgIpc) is 2.16. The molecule has 0 heterocycles. The summed E-state index contributed by atoms with van der Waals surface area (Å²) in [5.74, 6) is -1.89. The normalized spacial score (nSPS) is 9.67. The minimum absolute atomic E-state index is 0.0101. The number of hydrogen-bond donors (Lipinski definition) is 3. The first-order chi connectivity index (χ1) is 6.97. The van der Waals surface area contributed by atoms with Gasteiger partial charge in [0.2, 0.25) is 0 Å². The van der Waals surface area contributed by atoms with Crippen molar-refractivity contribution in [1.29, 1.82) is 0 Å². The summed E-state index contributed by atoms with van der Waals surface area (Å²) in [6.07, 6.45) is 0. The molecule has 0 spiro atoms. The summed E-state index contributed by atoms with van der Waals surface area (Å²) in [6, 6.07) is 2.21. The topological polar surface area (TPSA) is 116 Å². The van der Waals surface area contributed by atoms with Crippen LogP contribution in [0.2, 0.25) is 0 Å². The van der Waals surface area contributed by atoms with Gasteiger partial charge in [0, 0.05) is 6.07 Å². The van der Waals surface area contributed by atoms with Crippen LogP contribution in [0.1, 0.15) is 20.7 Å². The number of amides is 2. The van der Waals surface area contributed by atoms with Gasteiger partial charge in [0.1, 0.15) is 11.5 Å². The summed E-state index contributed by atoms with van der Waals surface area (Å²) < 4.78 is 4.81. The van der Waals surface area contributed by atoms with Crippen LogP contribution in [-0.2, 0) is 0 Å². The first kappa shape index (κ1) is 10.8. The molecular formula is C9H10N2O4. The second-order valence-electron chi connectivity index (χ2n) is 2.80. The van der Waals surface area contributed by atoms with Gasteiger partial charge in [-0.3, -0.25) is 9.59 Å². The molecule has 80 valence electrons. The van der Waals surface area contributed by atoms with Gasteiger partial charge < -0.3 is 21.3 Å². The number of carbonyl (C=O) groups excluding carboxylic acids is 2. The van der Waals surface area contributed by atoms with Crippen LogP contribution in [0.5, 0.6) is 11.5 Å². The maximum absolute atomic E-state index is 11.0. The van der Waals surface area contributed by atoms with Gasteiger partial charge in [-0.1, -0.05) is 0 Å². The van der Waals surface area contributed by atoms with E-state index in [1.807, 2.05) is 0 Å². The Morgan fingerprint density at radius 3 is 2.13 bits per heavy atom. The third kappa shape index (κ3) is 1.98. The number of carbonyl (C=O) groups is 2. The van der Waals surface area contributed by atoms with Crippen LogP contribution in [0.25, 0.3) is 0 Å². The number of rotatable bonds is 3. The Bertz CT molecular complexity index is 428. The zero-order chi connectivity index (χ0) is 11.6. The van der Waals surface area contributed by atoms with E-state index in [1.54, 1.807) is 0 Å². The fourth-order valence-electron chi connectivity index (χ4n) is 1.13. The standard InChI is InChI=1S/C9H10N2O4/c1-15-7-3-6(12)4(8(10)13)2-5(7)9(11)14/h2-3,12H,1H3,(H2,10,13)(H2,11,14). The van der Waals surface area contributed by atoms with Gasteiger partial charge in [0.05, 0.1) is 18.2 Å². The van der Waals surface area contributed by atoms with Crippen molar-refractivity contribution in [2.24, 2.45) is 11.5 Å². The van der Waals surface area contributed by atoms with E-state index in [4.69, 9.17) is 16.2 Å². The predicted octanol–water partition coefficient (Wildman–Crippen LogP) is -0.401. The quantitative estimate of drug-likeness (QED) is 0.629. The van der Waals surface area contributed by atoms with Gasteiger partial charge in [-0.05, 0) is 6.07 Å². The van der Waals surface area contributed by atoms with E-state index in [0.29, 0.717) is 0 Å². The van der Waals surface area contributed by atoms with E-state index >= 15 is 0 Å². The highest BCUT2D eigenvalue weighted by atomic mass is 16.5. The van der Waals surface area contributed by atoms with Gasteiger partial charge in [0.15, 0.2) is 0 Å². The van der Waals surface area contributed by atoms with E-state index in [0.717, 1.165) is 12.1 Å². The zero-order valence-electron chi connectivity index (χ0n) is 7.98. The van der Waals surface area contributed by atoms with Gasteiger partial charge in [0.25, 0.3) is 11.8 Å². The molecule has 0 saturated carbocycles. The van der Waals surface area contributed by atoms with Crippen molar-refractivity contribution in [3.05, 3.63) is 23.3 Å². The number of aromatic hydroxyl groups is 1. The number of nitrogens with two attached hydrogens (primary N) is 2. The highest BCUT2D eigenvalue weighted by molar-refractivity contribution is 6.02. The van der Waals surface area contributed by atoms with Crippen LogP contribution >= 0.6 is 0 Å². The minimum atomic E-state index is -0.849. The molecule has 0 unspecified atom stereocenters. The van der Waals surface area contributed by atoms with Crippen molar-refractivity contribution in [1.82, 2.24) is 0 Å². The number of primary amides is 2. The molecule has 1 aromatic rings. The molecule has 0 bridgehead atoms. The lowest BCUT2D eigenvalue weighted by Gasteiger charge is -2.08. The van der Waals surface area contributed by atoms with Crippen molar-refractivity contribution < 1.29 is 19.4 Å². The van der Waals surface area contributed by atoms with E-state index < -0.39 is 11.8 Å². The molecule has 0 radical (unpaired) electrons. The molecule has 2 amide bonds. The molecule has 0 aliphatic carbocycles. The van der Waals surface area contributed by atoms with E-state index in [1.165, 1.54) is 7.11 Å². The van der Waals surface area contributed by atoms with Crippen molar-refractivity contribution in [2.75, 3.05) is 7.11 Å². The zero-order valence-corrected chi connectivity index (χ0v) is 7.98. The Balaban J connectivity index is 3.43. The lowest BCUT2D eigenvalue weighted by atomic mass is 10.1. The highest BCUT2D eigenvalue weighted by Gasteiger charge is 2.16.